The van der Waals surface area contributed by atoms with Crippen LogP contribution in [-0.4, -0.2) is 37.8 Å². The van der Waals surface area contributed by atoms with E-state index < -0.39 is 9.84 Å². The van der Waals surface area contributed by atoms with Gasteiger partial charge in [-0.3, -0.25) is 4.79 Å². The van der Waals surface area contributed by atoms with Gasteiger partial charge in [0.2, 0.25) is 5.91 Å². The molecule has 0 radical (unpaired) electrons. The molecule has 1 rings (SSSR count). The summed E-state index contributed by atoms with van der Waals surface area (Å²) >= 11 is 7.37. The molecular weight excluding hydrogens is 320 g/mol. The molecule has 0 aliphatic carbocycles. The number of rotatable bonds is 7. The molecule has 0 atom stereocenters. The number of sulfone groups is 1. The maximum absolute atomic E-state index is 11.7. The minimum absolute atomic E-state index is 0.128. The minimum Gasteiger partial charge on any atom is -0.399 e. The Hall–Kier alpha value is -0.920. The number of carbonyl (C=O) groups excluding carboxylic acids is 1. The molecule has 0 aromatic heterocycles. The fourth-order valence-corrected chi connectivity index (χ4v) is 3.78. The maximum atomic E-state index is 11.7. The number of nitrogens with one attached hydrogen (secondary N) is 1. The van der Waals surface area contributed by atoms with Crippen molar-refractivity contribution in [1.29, 1.82) is 0 Å². The molecule has 0 fully saturated rings. The van der Waals surface area contributed by atoms with Gasteiger partial charge < -0.3 is 11.1 Å². The molecule has 0 aliphatic heterocycles. The molecule has 5 nitrogen and oxygen atoms in total. The molecule has 8 heteroatoms. The van der Waals surface area contributed by atoms with E-state index >= 15 is 0 Å². The fourth-order valence-electron chi connectivity index (χ4n) is 1.32. The number of hydrogen-bond donors (Lipinski definition) is 2. The van der Waals surface area contributed by atoms with Crippen molar-refractivity contribution in [3.8, 4) is 0 Å². The van der Waals surface area contributed by atoms with Crippen LogP contribution in [0.2, 0.25) is 5.02 Å². The van der Waals surface area contributed by atoms with Crippen molar-refractivity contribution in [3.05, 3.63) is 23.2 Å². The molecule has 20 heavy (non-hydrogen) atoms. The van der Waals surface area contributed by atoms with Gasteiger partial charge in [-0.15, -0.1) is 0 Å². The number of nitrogens with two attached hydrogens (primary N) is 1. The van der Waals surface area contributed by atoms with Gasteiger partial charge in [-0.25, -0.2) is 8.42 Å². The van der Waals surface area contributed by atoms with Gasteiger partial charge in [0.15, 0.2) is 0 Å². The molecule has 0 heterocycles. The zero-order valence-electron chi connectivity index (χ0n) is 11.1. The fraction of sp³-hybridized carbons (Fsp3) is 0.417. The smallest absolute Gasteiger partial charge is 0.225 e. The second kappa shape index (κ2) is 7.75. The van der Waals surface area contributed by atoms with Crippen LogP contribution in [0.25, 0.3) is 0 Å². The van der Waals surface area contributed by atoms with Crippen molar-refractivity contribution < 1.29 is 13.2 Å². The second-order valence-corrected chi connectivity index (χ2v) is 8.17. The van der Waals surface area contributed by atoms with E-state index in [4.69, 9.17) is 17.3 Å². The molecule has 3 N–H and O–H groups in total. The van der Waals surface area contributed by atoms with Crippen LogP contribution in [0.1, 0.15) is 6.42 Å². The Morgan fingerprint density at radius 2 is 2.10 bits per heavy atom. The topological polar surface area (TPSA) is 89.3 Å². The number of nitrogen functional groups attached to an aromatic ring is 1. The van der Waals surface area contributed by atoms with E-state index in [0.29, 0.717) is 34.3 Å². The molecule has 1 aromatic carbocycles. The molecule has 112 valence electrons. The molecule has 0 aliphatic rings. The van der Waals surface area contributed by atoms with Gasteiger partial charge in [-0.2, -0.15) is 11.8 Å². The third-order valence-electron chi connectivity index (χ3n) is 2.34. The lowest BCUT2D eigenvalue weighted by molar-refractivity contribution is -0.115. The zero-order valence-corrected chi connectivity index (χ0v) is 13.4. The summed E-state index contributed by atoms with van der Waals surface area (Å²) in [6.45, 7) is 0. The van der Waals surface area contributed by atoms with E-state index in [1.165, 1.54) is 18.0 Å². The highest BCUT2D eigenvalue weighted by Gasteiger charge is 2.07. The number of benzene rings is 1. The number of carbonyl (C=O) groups is 1. The molecule has 0 spiro atoms. The van der Waals surface area contributed by atoms with Gasteiger partial charge in [0.1, 0.15) is 9.84 Å². The summed E-state index contributed by atoms with van der Waals surface area (Å²) in [4.78, 5) is 11.7. The summed E-state index contributed by atoms with van der Waals surface area (Å²) in [7, 11) is -2.93. The number of hydrogen-bond acceptors (Lipinski definition) is 5. The summed E-state index contributed by atoms with van der Waals surface area (Å²) in [5.74, 6) is 1.02. The first-order chi connectivity index (χ1) is 9.28. The monoisotopic (exact) mass is 336 g/mol. The van der Waals surface area contributed by atoms with Gasteiger partial charge in [-0.05, 0) is 18.2 Å². The first-order valence-corrected chi connectivity index (χ1v) is 9.47. The predicted octanol–water partition coefficient (Wildman–Crippen LogP) is 2.03. The van der Waals surface area contributed by atoms with E-state index in [1.807, 2.05) is 0 Å². The van der Waals surface area contributed by atoms with Crippen LogP contribution in [0.15, 0.2) is 18.2 Å². The summed E-state index contributed by atoms with van der Waals surface area (Å²) in [5, 5.41) is 3.08. The molecule has 0 unspecified atom stereocenters. The van der Waals surface area contributed by atoms with Crippen LogP contribution >= 0.6 is 23.4 Å². The van der Waals surface area contributed by atoms with Gasteiger partial charge in [0, 0.05) is 29.9 Å². The average molecular weight is 337 g/mol. The third kappa shape index (κ3) is 7.02. The third-order valence-corrected chi connectivity index (χ3v) is 4.84. The van der Waals surface area contributed by atoms with E-state index in [9.17, 15) is 13.2 Å². The van der Waals surface area contributed by atoms with E-state index in [1.54, 1.807) is 18.2 Å². The zero-order chi connectivity index (χ0) is 15.2. The number of thioether (sulfide) groups is 1. The highest BCUT2D eigenvalue weighted by Crippen LogP contribution is 2.24. The second-order valence-electron chi connectivity index (χ2n) is 4.28. The quantitative estimate of drug-likeness (QED) is 0.587. The summed E-state index contributed by atoms with van der Waals surface area (Å²) in [6.07, 6.45) is 1.50. The lowest BCUT2D eigenvalue weighted by atomic mass is 10.3. The Bertz CT molecular complexity index is 576. The first-order valence-electron chi connectivity index (χ1n) is 5.88. The molecule has 1 amide bonds. The lowest BCUT2D eigenvalue weighted by Gasteiger charge is -2.07. The Morgan fingerprint density at radius 3 is 2.70 bits per heavy atom. The number of halogens is 1. The predicted molar refractivity (Wildman–Crippen MR) is 86.1 cm³/mol. The Morgan fingerprint density at radius 1 is 1.40 bits per heavy atom. The van der Waals surface area contributed by atoms with Crippen LogP contribution in [0, 0.1) is 0 Å². The SMILES string of the molecule is CS(=O)(=O)CCSCCC(=O)Nc1ccc(N)cc1Cl. The van der Waals surface area contributed by atoms with Gasteiger partial charge in [0.05, 0.1) is 16.5 Å². The van der Waals surface area contributed by atoms with Crippen molar-refractivity contribution in [3.63, 3.8) is 0 Å². The molecule has 0 bridgehead atoms. The van der Waals surface area contributed by atoms with E-state index in [-0.39, 0.29) is 11.7 Å². The van der Waals surface area contributed by atoms with Crippen molar-refractivity contribution in [2.24, 2.45) is 0 Å². The van der Waals surface area contributed by atoms with Gasteiger partial charge in [-0.1, -0.05) is 11.6 Å². The minimum atomic E-state index is -2.93. The van der Waals surface area contributed by atoms with Crippen molar-refractivity contribution >= 4 is 50.5 Å². The van der Waals surface area contributed by atoms with Crippen LogP contribution < -0.4 is 11.1 Å². The molecular formula is C12H17ClN2O3S2. The number of amides is 1. The lowest BCUT2D eigenvalue weighted by Crippen LogP contribution is -2.13. The van der Waals surface area contributed by atoms with Gasteiger partial charge >= 0.3 is 0 Å². The highest BCUT2D eigenvalue weighted by molar-refractivity contribution is 8.00. The normalized spacial score (nSPS) is 11.3. The van der Waals surface area contributed by atoms with Crippen LogP contribution in [-0.2, 0) is 14.6 Å². The first kappa shape index (κ1) is 17.1. The Kier molecular flexibility index (Phi) is 6.64. The van der Waals surface area contributed by atoms with Crippen molar-refractivity contribution in [2.75, 3.05) is 34.6 Å². The Labute approximate surface area is 128 Å². The molecule has 1 aromatic rings. The summed E-state index contributed by atoms with van der Waals surface area (Å²) in [6, 6.07) is 4.87. The standard InChI is InChI=1S/C12H17ClN2O3S2/c1-20(17,18)7-6-19-5-4-12(16)15-11-3-2-9(14)8-10(11)13/h2-3,8H,4-7,14H2,1H3,(H,15,16). The summed E-state index contributed by atoms with van der Waals surface area (Å²) in [5.41, 5.74) is 6.61. The average Bonchev–Trinajstić information content (AvgIpc) is 2.31. The van der Waals surface area contributed by atoms with Crippen molar-refractivity contribution in [2.45, 2.75) is 6.42 Å². The van der Waals surface area contributed by atoms with Crippen LogP contribution in [0.3, 0.4) is 0 Å². The van der Waals surface area contributed by atoms with Crippen LogP contribution in [0.4, 0.5) is 11.4 Å². The Balaban J connectivity index is 2.30. The maximum Gasteiger partial charge on any atom is 0.225 e. The van der Waals surface area contributed by atoms with Crippen molar-refractivity contribution in [1.82, 2.24) is 0 Å². The van der Waals surface area contributed by atoms with E-state index in [0.717, 1.165) is 0 Å². The largest absolute Gasteiger partial charge is 0.399 e. The van der Waals surface area contributed by atoms with Gasteiger partial charge in [0.25, 0.3) is 0 Å². The molecule has 0 saturated heterocycles. The molecule has 0 saturated carbocycles. The van der Waals surface area contributed by atoms with Crippen LogP contribution in [0.5, 0.6) is 0 Å². The summed E-state index contributed by atoms with van der Waals surface area (Å²) < 4.78 is 21.8. The highest BCUT2D eigenvalue weighted by atomic mass is 35.5. The number of anilines is 2. The van der Waals surface area contributed by atoms with E-state index in [2.05, 4.69) is 5.32 Å².